The van der Waals surface area contributed by atoms with Gasteiger partial charge >= 0.3 is 0 Å². The van der Waals surface area contributed by atoms with Crippen molar-refractivity contribution in [3.05, 3.63) is 12.4 Å². The van der Waals surface area contributed by atoms with Crippen LogP contribution in [0.4, 0.5) is 5.82 Å². The highest BCUT2D eigenvalue weighted by atomic mass is 16.5. The molecule has 16 heavy (non-hydrogen) atoms. The fourth-order valence-corrected chi connectivity index (χ4v) is 1.89. The Morgan fingerprint density at radius 1 is 1.56 bits per heavy atom. The average molecular weight is 222 g/mol. The minimum atomic E-state index is 0.597. The van der Waals surface area contributed by atoms with Crippen LogP contribution >= 0.6 is 0 Å². The van der Waals surface area contributed by atoms with Crippen molar-refractivity contribution in [3.8, 4) is 5.88 Å². The third kappa shape index (κ3) is 3.06. The summed E-state index contributed by atoms with van der Waals surface area (Å²) in [5.41, 5.74) is 0. The number of nitrogens with zero attached hydrogens (tertiary/aromatic N) is 2. The van der Waals surface area contributed by atoms with Gasteiger partial charge in [0.1, 0.15) is 12.1 Å². The summed E-state index contributed by atoms with van der Waals surface area (Å²) in [4.78, 5) is 8.12. The molecular weight excluding hydrogens is 204 g/mol. The van der Waals surface area contributed by atoms with Gasteiger partial charge in [-0.2, -0.15) is 0 Å². The van der Waals surface area contributed by atoms with E-state index in [9.17, 15) is 0 Å². The molecule has 1 aromatic rings. The van der Waals surface area contributed by atoms with Crippen LogP contribution in [0.1, 0.15) is 12.8 Å². The van der Waals surface area contributed by atoms with E-state index in [1.807, 2.05) is 6.07 Å². The van der Waals surface area contributed by atoms with Crippen LogP contribution in [0.3, 0.4) is 0 Å². The van der Waals surface area contributed by atoms with E-state index in [0.717, 1.165) is 25.5 Å². The monoisotopic (exact) mass is 222 g/mol. The second-order valence-corrected chi connectivity index (χ2v) is 4.04. The van der Waals surface area contributed by atoms with Gasteiger partial charge in [0, 0.05) is 12.6 Å². The number of hydrogen-bond donors (Lipinski definition) is 2. The van der Waals surface area contributed by atoms with Gasteiger partial charge in [0.15, 0.2) is 0 Å². The maximum Gasteiger partial charge on any atom is 0.218 e. The Labute approximate surface area is 95.6 Å². The van der Waals surface area contributed by atoms with Gasteiger partial charge in [-0.3, -0.25) is 0 Å². The molecule has 0 amide bonds. The fraction of sp³-hybridized carbons (Fsp3) is 0.636. The van der Waals surface area contributed by atoms with Crippen LogP contribution in [-0.4, -0.2) is 36.7 Å². The maximum absolute atomic E-state index is 5.04. The molecule has 2 heterocycles. The van der Waals surface area contributed by atoms with Crippen molar-refractivity contribution in [3.63, 3.8) is 0 Å². The van der Waals surface area contributed by atoms with Gasteiger partial charge in [-0.15, -0.1) is 0 Å². The topological polar surface area (TPSA) is 59.1 Å². The zero-order valence-corrected chi connectivity index (χ0v) is 9.57. The van der Waals surface area contributed by atoms with Crippen LogP contribution in [0.5, 0.6) is 5.88 Å². The van der Waals surface area contributed by atoms with Crippen molar-refractivity contribution >= 4 is 5.82 Å². The Kier molecular flexibility index (Phi) is 3.93. The van der Waals surface area contributed by atoms with Gasteiger partial charge < -0.3 is 15.4 Å². The molecular formula is C11H18N4O. The molecule has 0 aromatic carbocycles. The lowest BCUT2D eigenvalue weighted by Gasteiger charge is -2.23. The molecule has 1 aliphatic heterocycles. The molecule has 0 radical (unpaired) electrons. The van der Waals surface area contributed by atoms with Crippen molar-refractivity contribution in [2.45, 2.75) is 12.8 Å². The average Bonchev–Trinajstić information content (AvgIpc) is 2.38. The minimum absolute atomic E-state index is 0.597. The van der Waals surface area contributed by atoms with Gasteiger partial charge in [-0.05, 0) is 31.8 Å². The van der Waals surface area contributed by atoms with Gasteiger partial charge in [0.05, 0.1) is 7.11 Å². The summed E-state index contributed by atoms with van der Waals surface area (Å²) in [7, 11) is 1.61. The predicted octanol–water partition coefficient (Wildman–Crippen LogP) is 0.897. The Balaban J connectivity index is 1.83. The van der Waals surface area contributed by atoms with Gasteiger partial charge in [0.25, 0.3) is 0 Å². The molecule has 0 bridgehead atoms. The molecule has 1 unspecified atom stereocenters. The molecule has 0 aliphatic carbocycles. The van der Waals surface area contributed by atoms with E-state index in [2.05, 4.69) is 20.6 Å². The number of aromatic nitrogens is 2. The first-order valence-electron chi connectivity index (χ1n) is 5.69. The van der Waals surface area contributed by atoms with Crippen molar-refractivity contribution < 1.29 is 4.74 Å². The van der Waals surface area contributed by atoms with Crippen LogP contribution < -0.4 is 15.4 Å². The number of piperidine rings is 1. The second kappa shape index (κ2) is 5.65. The Morgan fingerprint density at radius 3 is 3.25 bits per heavy atom. The van der Waals surface area contributed by atoms with Crippen LogP contribution in [0.15, 0.2) is 12.4 Å². The number of anilines is 1. The number of rotatable bonds is 4. The molecule has 0 saturated carbocycles. The molecule has 2 N–H and O–H groups in total. The highest BCUT2D eigenvalue weighted by molar-refractivity contribution is 5.36. The number of ether oxygens (including phenoxy) is 1. The van der Waals surface area contributed by atoms with E-state index < -0.39 is 0 Å². The summed E-state index contributed by atoms with van der Waals surface area (Å²) in [6.45, 7) is 3.19. The SMILES string of the molecule is COc1cc(NCC2CCCNC2)ncn1. The quantitative estimate of drug-likeness (QED) is 0.792. The van der Waals surface area contributed by atoms with Crippen molar-refractivity contribution in [2.75, 3.05) is 32.1 Å². The first kappa shape index (κ1) is 11.1. The highest BCUT2D eigenvalue weighted by Gasteiger charge is 2.12. The van der Waals surface area contributed by atoms with Crippen LogP contribution in [-0.2, 0) is 0 Å². The first-order valence-corrected chi connectivity index (χ1v) is 5.69. The summed E-state index contributed by atoms with van der Waals surface area (Å²) in [5.74, 6) is 2.12. The lowest BCUT2D eigenvalue weighted by atomic mass is 10.00. The van der Waals surface area contributed by atoms with E-state index in [4.69, 9.17) is 4.74 Å². The van der Waals surface area contributed by atoms with Crippen molar-refractivity contribution in [1.82, 2.24) is 15.3 Å². The predicted molar refractivity (Wildman–Crippen MR) is 62.7 cm³/mol. The Morgan fingerprint density at radius 2 is 2.50 bits per heavy atom. The molecule has 5 nitrogen and oxygen atoms in total. The highest BCUT2D eigenvalue weighted by Crippen LogP contribution is 2.13. The molecule has 5 heteroatoms. The normalized spacial score (nSPS) is 20.4. The molecule has 1 atom stereocenters. The summed E-state index contributed by atoms with van der Waals surface area (Å²) in [5, 5.41) is 6.71. The Bertz CT molecular complexity index is 326. The largest absolute Gasteiger partial charge is 0.481 e. The summed E-state index contributed by atoms with van der Waals surface area (Å²) in [6, 6.07) is 1.82. The Hall–Kier alpha value is -1.36. The molecule has 1 aliphatic rings. The molecule has 2 rings (SSSR count). The van der Waals surface area contributed by atoms with E-state index >= 15 is 0 Å². The first-order chi connectivity index (χ1) is 7.88. The van der Waals surface area contributed by atoms with Gasteiger partial charge in [-0.1, -0.05) is 0 Å². The number of nitrogens with one attached hydrogen (secondary N) is 2. The third-order valence-corrected chi connectivity index (χ3v) is 2.82. The molecule has 1 fully saturated rings. The van der Waals surface area contributed by atoms with Crippen molar-refractivity contribution in [1.29, 1.82) is 0 Å². The molecule has 1 saturated heterocycles. The standard InChI is InChI=1S/C11H18N4O/c1-16-11-5-10(14-8-15-11)13-7-9-3-2-4-12-6-9/h5,8-9,12H,2-4,6-7H2,1H3,(H,13,14,15). The van der Waals surface area contributed by atoms with E-state index in [1.165, 1.54) is 19.2 Å². The molecule has 1 aromatic heterocycles. The van der Waals surface area contributed by atoms with Crippen LogP contribution in [0.2, 0.25) is 0 Å². The smallest absolute Gasteiger partial charge is 0.218 e. The second-order valence-electron chi connectivity index (χ2n) is 4.04. The summed E-state index contributed by atoms with van der Waals surface area (Å²) in [6.07, 6.45) is 4.06. The maximum atomic E-state index is 5.04. The van der Waals surface area contributed by atoms with Crippen LogP contribution in [0.25, 0.3) is 0 Å². The lowest BCUT2D eigenvalue weighted by molar-refractivity contribution is 0.391. The van der Waals surface area contributed by atoms with Gasteiger partial charge in [0.2, 0.25) is 5.88 Å². The van der Waals surface area contributed by atoms with Crippen LogP contribution in [0, 0.1) is 5.92 Å². The zero-order valence-electron chi connectivity index (χ0n) is 9.57. The molecule has 88 valence electrons. The van der Waals surface area contributed by atoms with E-state index in [0.29, 0.717) is 11.8 Å². The van der Waals surface area contributed by atoms with E-state index in [1.54, 1.807) is 7.11 Å². The zero-order chi connectivity index (χ0) is 11.2. The molecule has 0 spiro atoms. The fourth-order valence-electron chi connectivity index (χ4n) is 1.89. The summed E-state index contributed by atoms with van der Waals surface area (Å²) >= 11 is 0. The van der Waals surface area contributed by atoms with Crippen molar-refractivity contribution in [2.24, 2.45) is 5.92 Å². The lowest BCUT2D eigenvalue weighted by Crippen LogP contribution is -2.33. The minimum Gasteiger partial charge on any atom is -0.481 e. The van der Waals surface area contributed by atoms with E-state index in [-0.39, 0.29) is 0 Å². The number of hydrogen-bond acceptors (Lipinski definition) is 5. The summed E-state index contributed by atoms with van der Waals surface area (Å²) < 4.78 is 5.04. The third-order valence-electron chi connectivity index (χ3n) is 2.82. The van der Waals surface area contributed by atoms with Gasteiger partial charge in [-0.25, -0.2) is 9.97 Å². The number of methoxy groups -OCH3 is 1.